The van der Waals surface area contributed by atoms with E-state index in [0.29, 0.717) is 44.3 Å². The van der Waals surface area contributed by atoms with Gasteiger partial charge in [-0.3, -0.25) is 9.59 Å². The van der Waals surface area contributed by atoms with Crippen LogP contribution in [0.4, 0.5) is 0 Å². The predicted octanol–water partition coefficient (Wildman–Crippen LogP) is 0.904. The van der Waals surface area contributed by atoms with Crippen molar-refractivity contribution < 1.29 is 14.3 Å². The van der Waals surface area contributed by atoms with Crippen molar-refractivity contribution in [2.45, 2.75) is 39.8 Å². The lowest BCUT2D eigenvalue weighted by atomic mass is 10.3. The molecule has 0 radical (unpaired) electrons. The Labute approximate surface area is 130 Å². The lowest BCUT2D eigenvalue weighted by Crippen LogP contribution is -2.40. The molecular weight excluding hydrogens is 284 g/mol. The molecule has 0 aromatic carbocycles. The largest absolute Gasteiger partial charge is 0.379 e. The molecule has 1 aliphatic rings. The third-order valence-electron chi connectivity index (χ3n) is 3.54. The van der Waals surface area contributed by atoms with Crippen LogP contribution in [0.2, 0.25) is 0 Å². The summed E-state index contributed by atoms with van der Waals surface area (Å²) in [6.07, 6.45) is 2.60. The first-order valence-electron chi connectivity index (χ1n) is 7.79. The molecule has 0 saturated heterocycles. The molecule has 0 saturated carbocycles. The van der Waals surface area contributed by atoms with Crippen molar-refractivity contribution in [3.63, 3.8) is 0 Å². The summed E-state index contributed by atoms with van der Waals surface area (Å²) in [4.78, 5) is 30.1. The number of fused-ring (bicyclic) bond motifs is 1. The number of carbonyl (C=O) groups is 2. The summed E-state index contributed by atoms with van der Waals surface area (Å²) in [6.45, 7) is 9.02. The van der Waals surface area contributed by atoms with Crippen LogP contribution in [0.3, 0.4) is 0 Å². The number of imidazole rings is 1. The van der Waals surface area contributed by atoms with Crippen molar-refractivity contribution in [2.24, 2.45) is 0 Å². The van der Waals surface area contributed by atoms with Gasteiger partial charge in [0.1, 0.15) is 5.69 Å². The van der Waals surface area contributed by atoms with Gasteiger partial charge in [-0.1, -0.05) is 0 Å². The maximum Gasteiger partial charge on any atom is 0.289 e. The van der Waals surface area contributed by atoms with E-state index in [1.54, 1.807) is 15.7 Å². The van der Waals surface area contributed by atoms with E-state index >= 15 is 0 Å². The van der Waals surface area contributed by atoms with E-state index in [4.69, 9.17) is 4.74 Å². The third kappa shape index (κ3) is 3.85. The fraction of sp³-hybridized carbons (Fsp3) is 0.667. The number of nitrogens with one attached hydrogen (secondary N) is 1. The summed E-state index contributed by atoms with van der Waals surface area (Å²) in [7, 11) is 0. The molecular formula is C15H24N4O3. The average Bonchev–Trinajstić information content (AvgIpc) is 2.92. The van der Waals surface area contributed by atoms with Crippen molar-refractivity contribution in [3.8, 4) is 0 Å². The number of hydrogen-bond donors (Lipinski definition) is 1. The van der Waals surface area contributed by atoms with E-state index < -0.39 is 0 Å². The molecule has 0 spiro atoms. The second kappa shape index (κ2) is 7.40. The first-order valence-corrected chi connectivity index (χ1v) is 7.79. The zero-order valence-corrected chi connectivity index (χ0v) is 13.5. The van der Waals surface area contributed by atoms with Crippen LogP contribution < -0.4 is 5.32 Å². The Bertz CT molecular complexity index is 539. The van der Waals surface area contributed by atoms with Gasteiger partial charge in [-0.25, -0.2) is 4.98 Å². The van der Waals surface area contributed by atoms with Crippen molar-refractivity contribution in [1.82, 2.24) is 19.8 Å². The molecule has 1 aromatic rings. The van der Waals surface area contributed by atoms with Gasteiger partial charge in [-0.2, -0.15) is 0 Å². The maximum atomic E-state index is 12.1. The summed E-state index contributed by atoms with van der Waals surface area (Å²) in [5, 5.41) is 2.80. The number of nitrogens with zero attached hydrogens (tertiary/aromatic N) is 3. The van der Waals surface area contributed by atoms with Crippen LogP contribution in [0.25, 0.3) is 0 Å². The molecule has 122 valence electrons. The number of carbonyl (C=O) groups excluding carboxylic acids is 2. The quantitative estimate of drug-likeness (QED) is 0.759. The Morgan fingerprint density at radius 2 is 2.23 bits per heavy atom. The Morgan fingerprint density at radius 1 is 1.45 bits per heavy atom. The van der Waals surface area contributed by atoms with Gasteiger partial charge >= 0.3 is 0 Å². The summed E-state index contributed by atoms with van der Waals surface area (Å²) in [6, 6.07) is 0. The molecule has 0 bridgehead atoms. The minimum atomic E-state index is -0.248. The van der Waals surface area contributed by atoms with Gasteiger partial charge in [-0.05, 0) is 27.2 Å². The van der Waals surface area contributed by atoms with Gasteiger partial charge in [0.2, 0.25) is 0 Å². The van der Waals surface area contributed by atoms with Crippen LogP contribution in [0.5, 0.6) is 0 Å². The molecule has 7 nitrogen and oxygen atoms in total. The highest BCUT2D eigenvalue weighted by molar-refractivity contribution is 5.96. The average molecular weight is 308 g/mol. The summed E-state index contributed by atoms with van der Waals surface area (Å²) in [5.74, 6) is -0.0122. The van der Waals surface area contributed by atoms with E-state index in [1.165, 1.54) is 0 Å². The second-order valence-corrected chi connectivity index (χ2v) is 5.56. The summed E-state index contributed by atoms with van der Waals surface area (Å²) >= 11 is 0. The molecule has 0 aliphatic carbocycles. The van der Waals surface area contributed by atoms with Gasteiger partial charge in [0.25, 0.3) is 11.8 Å². The predicted molar refractivity (Wildman–Crippen MR) is 81.8 cm³/mol. The van der Waals surface area contributed by atoms with Gasteiger partial charge in [-0.15, -0.1) is 0 Å². The minimum absolute atomic E-state index is 0.113. The first kappa shape index (κ1) is 16.5. The van der Waals surface area contributed by atoms with Crippen LogP contribution >= 0.6 is 0 Å². The normalized spacial score (nSPS) is 14.4. The van der Waals surface area contributed by atoms with Gasteiger partial charge < -0.3 is 19.5 Å². The standard InChI is InChI=1S/C15H24N4O3/c1-4-18-7-8-19-10-12(17-13(19)15(18)21)14(20)16-6-5-9-22-11(2)3/h10-11H,4-9H2,1-3H3,(H,16,20). The van der Waals surface area contributed by atoms with Crippen LogP contribution in [0, 0.1) is 0 Å². The number of likely N-dealkylation sites (N-methyl/N-ethyl adjacent to an activating group) is 1. The zero-order chi connectivity index (χ0) is 16.1. The molecule has 2 amide bonds. The van der Waals surface area contributed by atoms with E-state index in [2.05, 4.69) is 10.3 Å². The number of rotatable bonds is 7. The van der Waals surface area contributed by atoms with Crippen molar-refractivity contribution in [3.05, 3.63) is 17.7 Å². The number of hydrogen-bond acceptors (Lipinski definition) is 4. The highest BCUT2D eigenvalue weighted by atomic mass is 16.5. The molecule has 7 heteroatoms. The zero-order valence-electron chi connectivity index (χ0n) is 13.5. The lowest BCUT2D eigenvalue weighted by Gasteiger charge is -2.25. The SMILES string of the molecule is CCN1CCn2cc(C(=O)NCCCOC(C)C)nc2C1=O. The van der Waals surface area contributed by atoms with E-state index in [9.17, 15) is 9.59 Å². The topological polar surface area (TPSA) is 76.5 Å². The van der Waals surface area contributed by atoms with E-state index in [-0.39, 0.29) is 17.9 Å². The Balaban J connectivity index is 1.88. The third-order valence-corrected chi connectivity index (χ3v) is 3.54. The fourth-order valence-corrected chi connectivity index (χ4v) is 2.32. The molecule has 1 aliphatic heterocycles. The van der Waals surface area contributed by atoms with Gasteiger partial charge in [0, 0.05) is 39.0 Å². The molecule has 2 rings (SSSR count). The van der Waals surface area contributed by atoms with Crippen LogP contribution in [-0.2, 0) is 11.3 Å². The molecule has 2 heterocycles. The van der Waals surface area contributed by atoms with Crippen molar-refractivity contribution in [1.29, 1.82) is 0 Å². The maximum absolute atomic E-state index is 12.1. The number of amides is 2. The number of aromatic nitrogens is 2. The monoisotopic (exact) mass is 308 g/mol. The van der Waals surface area contributed by atoms with Crippen LogP contribution in [0.1, 0.15) is 48.3 Å². The van der Waals surface area contributed by atoms with Crippen molar-refractivity contribution >= 4 is 11.8 Å². The lowest BCUT2D eigenvalue weighted by molar-refractivity contribution is 0.0706. The number of ether oxygens (including phenoxy) is 1. The second-order valence-electron chi connectivity index (χ2n) is 5.56. The molecule has 0 atom stereocenters. The molecule has 0 unspecified atom stereocenters. The molecule has 1 aromatic heterocycles. The first-order chi connectivity index (χ1) is 10.5. The van der Waals surface area contributed by atoms with E-state index in [1.807, 2.05) is 20.8 Å². The van der Waals surface area contributed by atoms with Crippen LogP contribution in [-0.4, -0.2) is 58.6 Å². The molecule has 1 N–H and O–H groups in total. The molecule has 0 fully saturated rings. The minimum Gasteiger partial charge on any atom is -0.379 e. The highest BCUT2D eigenvalue weighted by Crippen LogP contribution is 2.12. The molecule has 22 heavy (non-hydrogen) atoms. The van der Waals surface area contributed by atoms with Crippen molar-refractivity contribution in [2.75, 3.05) is 26.2 Å². The summed E-state index contributed by atoms with van der Waals surface area (Å²) in [5.41, 5.74) is 0.297. The van der Waals surface area contributed by atoms with Gasteiger partial charge in [0.15, 0.2) is 5.82 Å². The summed E-state index contributed by atoms with van der Waals surface area (Å²) < 4.78 is 7.17. The Morgan fingerprint density at radius 3 is 2.91 bits per heavy atom. The Hall–Kier alpha value is -1.89. The fourth-order valence-electron chi connectivity index (χ4n) is 2.32. The highest BCUT2D eigenvalue weighted by Gasteiger charge is 2.27. The van der Waals surface area contributed by atoms with E-state index in [0.717, 1.165) is 6.42 Å². The van der Waals surface area contributed by atoms with Crippen LogP contribution in [0.15, 0.2) is 6.20 Å². The Kier molecular flexibility index (Phi) is 5.54. The van der Waals surface area contributed by atoms with Gasteiger partial charge in [0.05, 0.1) is 6.10 Å². The smallest absolute Gasteiger partial charge is 0.289 e.